The quantitative estimate of drug-likeness (QED) is 0.792. The molecule has 0 N–H and O–H groups in total. The Morgan fingerprint density at radius 3 is 3.00 bits per heavy atom. The number of ether oxygens (including phenoxy) is 1. The second kappa shape index (κ2) is 7.53. The van der Waals surface area contributed by atoms with Crippen molar-refractivity contribution in [3.8, 4) is 0 Å². The summed E-state index contributed by atoms with van der Waals surface area (Å²) >= 11 is 0. The van der Waals surface area contributed by atoms with Gasteiger partial charge in [0.1, 0.15) is 5.52 Å². The number of aromatic nitrogens is 3. The number of carbonyl (C=O) groups excluding carboxylic acids is 1. The molecule has 1 amide bonds. The molecule has 1 aliphatic heterocycles. The summed E-state index contributed by atoms with van der Waals surface area (Å²) in [5, 5.41) is 8.49. The van der Waals surface area contributed by atoms with E-state index in [0.717, 1.165) is 19.6 Å². The summed E-state index contributed by atoms with van der Waals surface area (Å²) in [6, 6.07) is 7.09. The number of benzene rings is 1. The van der Waals surface area contributed by atoms with Crippen molar-refractivity contribution in [2.24, 2.45) is 5.92 Å². The average Bonchev–Trinajstić information content (AvgIpc) is 3.12. The third-order valence-corrected chi connectivity index (χ3v) is 4.40. The van der Waals surface area contributed by atoms with Crippen LogP contribution in [0, 0.1) is 5.92 Å². The zero-order valence-corrected chi connectivity index (χ0v) is 13.9. The van der Waals surface area contributed by atoms with Gasteiger partial charge in [0, 0.05) is 32.0 Å². The van der Waals surface area contributed by atoms with Crippen LogP contribution in [0.3, 0.4) is 0 Å². The monoisotopic (exact) mass is 330 g/mol. The SMILES string of the molecule is CCN(C[C@@H]1CCOC1)C(=O)CCn1nnc2ccccc2c1=O. The number of amides is 1. The fraction of sp³-hybridized carbons (Fsp3) is 0.529. The number of carbonyl (C=O) groups is 1. The zero-order valence-electron chi connectivity index (χ0n) is 13.9. The van der Waals surface area contributed by atoms with Crippen molar-refractivity contribution in [1.82, 2.24) is 19.9 Å². The smallest absolute Gasteiger partial charge is 0.277 e. The van der Waals surface area contributed by atoms with Crippen LogP contribution in [0.15, 0.2) is 29.1 Å². The van der Waals surface area contributed by atoms with Gasteiger partial charge >= 0.3 is 0 Å². The predicted octanol–water partition coefficient (Wildman–Crippen LogP) is 1.07. The lowest BCUT2D eigenvalue weighted by molar-refractivity contribution is -0.131. The van der Waals surface area contributed by atoms with Gasteiger partial charge in [0.25, 0.3) is 5.56 Å². The van der Waals surface area contributed by atoms with Crippen LogP contribution in [0.4, 0.5) is 0 Å². The van der Waals surface area contributed by atoms with Gasteiger partial charge in [0.15, 0.2) is 0 Å². The van der Waals surface area contributed by atoms with Gasteiger partial charge in [-0.25, -0.2) is 4.68 Å². The number of aryl methyl sites for hydroxylation is 1. The van der Waals surface area contributed by atoms with Gasteiger partial charge in [0.05, 0.1) is 18.5 Å². The molecule has 1 aliphatic rings. The Kier molecular flexibility index (Phi) is 5.20. The molecule has 1 fully saturated rings. The van der Waals surface area contributed by atoms with Gasteiger partial charge in [-0.15, -0.1) is 5.10 Å². The van der Waals surface area contributed by atoms with E-state index in [4.69, 9.17) is 4.74 Å². The fourth-order valence-corrected chi connectivity index (χ4v) is 2.98. The highest BCUT2D eigenvalue weighted by molar-refractivity contribution is 5.77. The van der Waals surface area contributed by atoms with E-state index in [0.29, 0.717) is 29.9 Å². The maximum absolute atomic E-state index is 12.4. The number of fused-ring (bicyclic) bond motifs is 1. The highest BCUT2D eigenvalue weighted by atomic mass is 16.5. The number of hydrogen-bond acceptors (Lipinski definition) is 5. The van der Waals surface area contributed by atoms with E-state index in [-0.39, 0.29) is 24.4 Å². The average molecular weight is 330 g/mol. The summed E-state index contributed by atoms with van der Waals surface area (Å²) in [6.45, 7) is 5.09. The van der Waals surface area contributed by atoms with E-state index in [1.165, 1.54) is 4.68 Å². The second-order valence-corrected chi connectivity index (χ2v) is 6.05. The van der Waals surface area contributed by atoms with Crippen LogP contribution in [-0.2, 0) is 16.1 Å². The molecule has 1 saturated heterocycles. The van der Waals surface area contributed by atoms with Gasteiger partial charge in [0.2, 0.25) is 5.91 Å². The summed E-state index contributed by atoms with van der Waals surface area (Å²) in [4.78, 5) is 26.6. The molecule has 1 aromatic carbocycles. The van der Waals surface area contributed by atoms with E-state index in [2.05, 4.69) is 10.3 Å². The van der Waals surface area contributed by atoms with Crippen LogP contribution >= 0.6 is 0 Å². The predicted molar refractivity (Wildman–Crippen MR) is 89.6 cm³/mol. The Hall–Kier alpha value is -2.28. The topological polar surface area (TPSA) is 77.3 Å². The Morgan fingerprint density at radius 1 is 1.42 bits per heavy atom. The van der Waals surface area contributed by atoms with E-state index in [9.17, 15) is 9.59 Å². The van der Waals surface area contributed by atoms with Gasteiger partial charge in [-0.3, -0.25) is 9.59 Å². The van der Waals surface area contributed by atoms with E-state index >= 15 is 0 Å². The summed E-state index contributed by atoms with van der Waals surface area (Å²) < 4.78 is 6.64. The molecule has 0 unspecified atom stereocenters. The molecule has 3 rings (SSSR count). The van der Waals surface area contributed by atoms with Crippen molar-refractivity contribution in [2.45, 2.75) is 26.3 Å². The molecule has 0 aliphatic carbocycles. The maximum Gasteiger partial charge on any atom is 0.277 e. The first-order chi connectivity index (χ1) is 11.7. The highest BCUT2D eigenvalue weighted by Gasteiger charge is 2.21. The Balaban J connectivity index is 1.64. The highest BCUT2D eigenvalue weighted by Crippen LogP contribution is 2.14. The van der Waals surface area contributed by atoms with Crippen molar-refractivity contribution in [2.75, 3.05) is 26.3 Å². The minimum atomic E-state index is -0.208. The molecule has 24 heavy (non-hydrogen) atoms. The first-order valence-corrected chi connectivity index (χ1v) is 8.37. The second-order valence-electron chi connectivity index (χ2n) is 6.05. The van der Waals surface area contributed by atoms with Crippen molar-refractivity contribution in [1.29, 1.82) is 0 Å². The molecule has 128 valence electrons. The molecular formula is C17H22N4O3. The largest absolute Gasteiger partial charge is 0.381 e. The van der Waals surface area contributed by atoms with Crippen LogP contribution in [-0.4, -0.2) is 52.1 Å². The standard InChI is InChI=1S/C17H22N4O3/c1-2-20(11-13-8-10-24-12-13)16(22)7-9-21-17(23)14-5-3-4-6-15(14)18-19-21/h3-6,13H,2,7-12H2,1H3/t13-/m0/s1. The van der Waals surface area contributed by atoms with E-state index in [1.54, 1.807) is 18.2 Å². The third-order valence-electron chi connectivity index (χ3n) is 4.40. The Labute approximate surface area is 140 Å². The lowest BCUT2D eigenvalue weighted by Crippen LogP contribution is -2.36. The molecular weight excluding hydrogens is 308 g/mol. The number of hydrogen-bond donors (Lipinski definition) is 0. The van der Waals surface area contributed by atoms with Gasteiger partial charge in [-0.1, -0.05) is 17.3 Å². The fourth-order valence-electron chi connectivity index (χ4n) is 2.98. The van der Waals surface area contributed by atoms with Crippen molar-refractivity contribution in [3.05, 3.63) is 34.6 Å². The maximum atomic E-state index is 12.4. The molecule has 2 heterocycles. The van der Waals surface area contributed by atoms with Crippen molar-refractivity contribution in [3.63, 3.8) is 0 Å². The molecule has 1 atom stereocenters. The molecule has 0 radical (unpaired) electrons. The molecule has 0 bridgehead atoms. The summed E-state index contributed by atoms with van der Waals surface area (Å²) in [6.07, 6.45) is 1.24. The van der Waals surface area contributed by atoms with Crippen LogP contribution < -0.4 is 5.56 Å². The van der Waals surface area contributed by atoms with Gasteiger partial charge < -0.3 is 9.64 Å². The zero-order chi connectivity index (χ0) is 16.9. The Bertz CT molecular complexity index is 768. The van der Waals surface area contributed by atoms with Crippen molar-refractivity contribution >= 4 is 16.8 Å². The summed E-state index contributed by atoms with van der Waals surface area (Å²) in [5.74, 6) is 0.448. The molecule has 0 saturated carbocycles. The first kappa shape index (κ1) is 16.6. The van der Waals surface area contributed by atoms with Crippen LogP contribution in [0.1, 0.15) is 19.8 Å². The number of nitrogens with zero attached hydrogens (tertiary/aromatic N) is 4. The van der Waals surface area contributed by atoms with Crippen molar-refractivity contribution < 1.29 is 9.53 Å². The molecule has 1 aromatic heterocycles. The van der Waals surface area contributed by atoms with E-state index < -0.39 is 0 Å². The van der Waals surface area contributed by atoms with E-state index in [1.807, 2.05) is 17.9 Å². The molecule has 0 spiro atoms. The van der Waals surface area contributed by atoms with Gasteiger partial charge in [-0.05, 0) is 25.5 Å². The lowest BCUT2D eigenvalue weighted by Gasteiger charge is -2.23. The number of rotatable bonds is 6. The van der Waals surface area contributed by atoms with Crippen LogP contribution in [0.5, 0.6) is 0 Å². The molecule has 2 aromatic rings. The minimum Gasteiger partial charge on any atom is -0.381 e. The minimum absolute atomic E-state index is 0.0336. The normalized spacial score (nSPS) is 17.3. The summed E-state index contributed by atoms with van der Waals surface area (Å²) in [7, 11) is 0. The molecule has 7 heteroatoms. The summed E-state index contributed by atoms with van der Waals surface area (Å²) in [5.41, 5.74) is 0.363. The molecule has 7 nitrogen and oxygen atoms in total. The Morgan fingerprint density at radius 2 is 2.25 bits per heavy atom. The van der Waals surface area contributed by atoms with Crippen LogP contribution in [0.2, 0.25) is 0 Å². The van der Waals surface area contributed by atoms with Crippen LogP contribution in [0.25, 0.3) is 10.9 Å². The third kappa shape index (κ3) is 3.62. The van der Waals surface area contributed by atoms with Gasteiger partial charge in [-0.2, -0.15) is 0 Å². The first-order valence-electron chi connectivity index (χ1n) is 8.37. The lowest BCUT2D eigenvalue weighted by atomic mass is 10.1.